The van der Waals surface area contributed by atoms with Gasteiger partial charge < -0.3 is 10.8 Å². The van der Waals surface area contributed by atoms with Gasteiger partial charge in [-0.05, 0) is 11.6 Å². The number of hydrogen-bond donors (Lipinski definition) is 2. The van der Waals surface area contributed by atoms with Crippen LogP contribution in [0.2, 0.25) is 5.15 Å². The third kappa shape index (κ3) is 2.86. The van der Waals surface area contributed by atoms with Crippen LogP contribution in [-0.2, 0) is 17.8 Å². The van der Waals surface area contributed by atoms with Gasteiger partial charge in [-0.25, -0.2) is 13.8 Å². The topological polar surface area (TPSA) is 76.2 Å². The van der Waals surface area contributed by atoms with E-state index in [-0.39, 0.29) is 29.2 Å². The molecule has 0 aromatic carbocycles. The van der Waals surface area contributed by atoms with Crippen molar-refractivity contribution < 1.29 is 18.7 Å². The first-order valence-electron chi connectivity index (χ1n) is 4.34. The van der Waals surface area contributed by atoms with E-state index in [0.29, 0.717) is 0 Å². The second-order valence-corrected chi connectivity index (χ2v) is 3.41. The highest BCUT2D eigenvalue weighted by Gasteiger charge is 2.17. The average molecular weight is 251 g/mol. The first kappa shape index (κ1) is 12.8. The van der Waals surface area contributed by atoms with Crippen LogP contribution >= 0.6 is 11.6 Å². The van der Waals surface area contributed by atoms with E-state index in [1.165, 1.54) is 0 Å². The second-order valence-electron chi connectivity index (χ2n) is 3.05. The van der Waals surface area contributed by atoms with Gasteiger partial charge in [0.05, 0.1) is 6.42 Å². The Morgan fingerprint density at radius 2 is 2.25 bits per heavy atom. The molecule has 16 heavy (non-hydrogen) atoms. The number of carboxylic acids is 1. The second kappa shape index (κ2) is 5.18. The summed E-state index contributed by atoms with van der Waals surface area (Å²) in [6.07, 6.45) is -3.15. The van der Waals surface area contributed by atoms with Gasteiger partial charge in [0.2, 0.25) is 0 Å². The molecule has 0 aliphatic heterocycles. The Hall–Kier alpha value is -1.27. The summed E-state index contributed by atoms with van der Waals surface area (Å²) in [7, 11) is 0. The Kier molecular flexibility index (Phi) is 4.14. The Labute approximate surface area is 95.0 Å². The van der Waals surface area contributed by atoms with E-state index in [0.717, 1.165) is 6.07 Å². The molecule has 88 valence electrons. The van der Waals surface area contributed by atoms with Crippen molar-refractivity contribution in [3.8, 4) is 0 Å². The molecule has 1 aromatic heterocycles. The highest BCUT2D eigenvalue weighted by atomic mass is 35.5. The van der Waals surface area contributed by atoms with Crippen molar-refractivity contribution in [2.75, 3.05) is 0 Å². The zero-order chi connectivity index (χ0) is 12.3. The summed E-state index contributed by atoms with van der Waals surface area (Å²) in [5.74, 6) is -1.12. The lowest BCUT2D eigenvalue weighted by Gasteiger charge is -2.09. The highest BCUT2D eigenvalue weighted by molar-refractivity contribution is 6.30. The van der Waals surface area contributed by atoms with Crippen molar-refractivity contribution in [1.29, 1.82) is 0 Å². The van der Waals surface area contributed by atoms with Crippen molar-refractivity contribution in [3.05, 3.63) is 28.0 Å². The number of aromatic nitrogens is 1. The fraction of sp³-hybridized carbons (Fsp3) is 0.333. The largest absolute Gasteiger partial charge is 0.481 e. The van der Waals surface area contributed by atoms with Crippen molar-refractivity contribution in [1.82, 2.24) is 4.98 Å². The fourth-order valence-electron chi connectivity index (χ4n) is 1.24. The maximum absolute atomic E-state index is 12.4. The summed E-state index contributed by atoms with van der Waals surface area (Å²) in [6.45, 7) is -0.0649. The van der Waals surface area contributed by atoms with Crippen LogP contribution in [0.5, 0.6) is 0 Å². The number of halogens is 3. The fourth-order valence-corrected chi connectivity index (χ4v) is 1.53. The maximum Gasteiger partial charge on any atom is 0.307 e. The van der Waals surface area contributed by atoms with Gasteiger partial charge in [0.1, 0.15) is 10.8 Å². The van der Waals surface area contributed by atoms with Gasteiger partial charge in [-0.15, -0.1) is 0 Å². The molecule has 0 atom stereocenters. The number of carbonyl (C=O) groups is 1. The summed E-state index contributed by atoms with van der Waals surface area (Å²) in [5, 5.41) is 8.38. The first-order chi connectivity index (χ1) is 7.45. The van der Waals surface area contributed by atoms with Crippen molar-refractivity contribution in [2.24, 2.45) is 5.73 Å². The number of nitrogens with two attached hydrogens (primary N) is 1. The maximum atomic E-state index is 12.4. The molecule has 1 heterocycles. The molecule has 3 N–H and O–H groups in total. The molecule has 4 nitrogen and oxygen atoms in total. The van der Waals surface area contributed by atoms with Gasteiger partial charge in [0.25, 0.3) is 6.43 Å². The minimum Gasteiger partial charge on any atom is -0.481 e. The number of pyridine rings is 1. The Balaban J connectivity index is 3.22. The molecule has 0 aliphatic carbocycles. The van der Waals surface area contributed by atoms with E-state index in [9.17, 15) is 13.6 Å². The van der Waals surface area contributed by atoms with Crippen LogP contribution in [0.1, 0.15) is 23.2 Å². The number of nitrogens with zero attached hydrogens (tertiary/aromatic N) is 1. The lowest BCUT2D eigenvalue weighted by atomic mass is 10.1. The normalized spacial score (nSPS) is 10.8. The van der Waals surface area contributed by atoms with E-state index in [1.807, 2.05) is 0 Å². The molecular weight excluding hydrogens is 242 g/mol. The van der Waals surface area contributed by atoms with E-state index in [2.05, 4.69) is 4.98 Å². The van der Waals surface area contributed by atoms with Gasteiger partial charge in [-0.3, -0.25) is 4.79 Å². The van der Waals surface area contributed by atoms with Gasteiger partial charge in [-0.2, -0.15) is 0 Å². The number of hydrogen-bond acceptors (Lipinski definition) is 3. The summed E-state index contributed by atoms with van der Waals surface area (Å²) in [4.78, 5) is 14.0. The molecule has 0 radical (unpaired) electrons. The number of rotatable bonds is 4. The van der Waals surface area contributed by atoms with Crippen LogP contribution in [-0.4, -0.2) is 16.1 Å². The third-order valence-electron chi connectivity index (χ3n) is 1.96. The zero-order valence-electron chi connectivity index (χ0n) is 8.08. The lowest BCUT2D eigenvalue weighted by Crippen LogP contribution is -2.10. The summed E-state index contributed by atoms with van der Waals surface area (Å²) in [6, 6.07) is 1.08. The number of alkyl halides is 2. The molecule has 0 saturated carbocycles. The van der Waals surface area contributed by atoms with E-state index in [1.54, 1.807) is 0 Å². The van der Waals surface area contributed by atoms with Gasteiger partial charge in [-0.1, -0.05) is 11.6 Å². The van der Waals surface area contributed by atoms with Crippen LogP contribution in [0.3, 0.4) is 0 Å². The van der Waals surface area contributed by atoms with Crippen LogP contribution < -0.4 is 5.73 Å². The minimum atomic E-state index is -2.76. The smallest absolute Gasteiger partial charge is 0.307 e. The van der Waals surface area contributed by atoms with E-state index < -0.39 is 18.1 Å². The molecule has 0 saturated heterocycles. The van der Waals surface area contributed by atoms with Crippen molar-refractivity contribution in [3.63, 3.8) is 0 Å². The molecule has 0 unspecified atom stereocenters. The Morgan fingerprint density at radius 1 is 1.62 bits per heavy atom. The van der Waals surface area contributed by atoms with E-state index in [4.69, 9.17) is 22.4 Å². The van der Waals surface area contributed by atoms with Crippen molar-refractivity contribution in [2.45, 2.75) is 19.4 Å². The number of aliphatic carboxylic acids is 1. The van der Waals surface area contributed by atoms with Gasteiger partial charge >= 0.3 is 5.97 Å². The molecular formula is C9H9ClF2N2O2. The summed E-state index contributed by atoms with van der Waals surface area (Å²) >= 11 is 5.64. The zero-order valence-corrected chi connectivity index (χ0v) is 8.84. The SMILES string of the molecule is NCc1cc(C(F)F)nc(Cl)c1CC(=O)O. The predicted molar refractivity (Wildman–Crippen MR) is 53.4 cm³/mol. The summed E-state index contributed by atoms with van der Waals surface area (Å²) in [5.41, 5.74) is 5.30. The highest BCUT2D eigenvalue weighted by Crippen LogP contribution is 2.25. The summed E-state index contributed by atoms with van der Waals surface area (Å²) < 4.78 is 24.8. The Morgan fingerprint density at radius 3 is 2.69 bits per heavy atom. The monoisotopic (exact) mass is 250 g/mol. The van der Waals surface area contributed by atoms with Crippen LogP contribution in [0.4, 0.5) is 8.78 Å². The minimum absolute atomic E-state index is 0.0649. The van der Waals surface area contributed by atoms with Gasteiger partial charge in [0.15, 0.2) is 0 Å². The first-order valence-corrected chi connectivity index (χ1v) is 4.71. The van der Waals surface area contributed by atoms with Crippen LogP contribution in [0.25, 0.3) is 0 Å². The molecule has 0 spiro atoms. The molecule has 0 amide bonds. The standard InChI is InChI=1S/C9H9ClF2N2O2/c10-8-5(2-7(15)16)4(3-13)1-6(14-8)9(11)12/h1,9H,2-3,13H2,(H,15,16). The lowest BCUT2D eigenvalue weighted by molar-refractivity contribution is -0.136. The van der Waals surface area contributed by atoms with Crippen molar-refractivity contribution >= 4 is 17.6 Å². The van der Waals surface area contributed by atoms with Crippen LogP contribution in [0, 0.1) is 0 Å². The molecule has 0 fully saturated rings. The number of carboxylic acid groups (broad SMARTS) is 1. The molecule has 1 rings (SSSR count). The molecule has 0 aliphatic rings. The molecule has 0 bridgehead atoms. The van der Waals surface area contributed by atoms with Gasteiger partial charge in [0, 0.05) is 12.1 Å². The quantitative estimate of drug-likeness (QED) is 0.799. The predicted octanol–water partition coefficient (Wildman–Crippen LogP) is 1.76. The van der Waals surface area contributed by atoms with Crippen LogP contribution in [0.15, 0.2) is 6.07 Å². The van der Waals surface area contributed by atoms with E-state index >= 15 is 0 Å². The Bertz CT molecular complexity index is 413. The molecule has 7 heteroatoms. The third-order valence-corrected chi connectivity index (χ3v) is 2.27. The molecule has 1 aromatic rings. The average Bonchev–Trinajstić information content (AvgIpc) is 2.19.